The lowest BCUT2D eigenvalue weighted by atomic mass is 10.00. The smallest absolute Gasteiger partial charge is 0.0583 e. The SMILES string of the molecule is CCCCCCCCCCN1CC2CCC(O)C2C1. The summed E-state index contributed by atoms with van der Waals surface area (Å²) in [5.41, 5.74) is 0. The van der Waals surface area contributed by atoms with Crippen molar-refractivity contribution < 1.29 is 5.11 Å². The molecular formula is C17H33NO. The van der Waals surface area contributed by atoms with E-state index in [4.69, 9.17) is 0 Å². The van der Waals surface area contributed by atoms with Gasteiger partial charge in [-0.1, -0.05) is 51.9 Å². The highest BCUT2D eigenvalue weighted by Gasteiger charge is 2.41. The Morgan fingerprint density at radius 1 is 0.895 bits per heavy atom. The van der Waals surface area contributed by atoms with E-state index >= 15 is 0 Å². The molecule has 2 nitrogen and oxygen atoms in total. The Morgan fingerprint density at radius 2 is 1.58 bits per heavy atom. The highest BCUT2D eigenvalue weighted by molar-refractivity contribution is 4.93. The largest absolute Gasteiger partial charge is 0.393 e. The topological polar surface area (TPSA) is 23.5 Å². The van der Waals surface area contributed by atoms with Gasteiger partial charge < -0.3 is 10.0 Å². The van der Waals surface area contributed by atoms with E-state index in [0.717, 1.165) is 12.3 Å². The average molecular weight is 267 g/mol. The first-order valence-electron chi connectivity index (χ1n) is 8.71. The second-order valence-corrected chi connectivity index (χ2v) is 6.80. The van der Waals surface area contributed by atoms with E-state index in [1.54, 1.807) is 0 Å². The number of nitrogens with zero attached hydrogens (tertiary/aromatic N) is 1. The van der Waals surface area contributed by atoms with Gasteiger partial charge in [0.2, 0.25) is 0 Å². The van der Waals surface area contributed by atoms with Gasteiger partial charge in [0, 0.05) is 19.0 Å². The maximum Gasteiger partial charge on any atom is 0.0583 e. The van der Waals surface area contributed by atoms with Crippen molar-refractivity contribution in [1.82, 2.24) is 4.90 Å². The number of rotatable bonds is 9. The summed E-state index contributed by atoms with van der Waals surface area (Å²) in [6.45, 7) is 5.98. The molecule has 0 bridgehead atoms. The molecule has 1 saturated heterocycles. The molecule has 0 aromatic heterocycles. The molecule has 1 saturated carbocycles. The first-order chi connectivity index (χ1) is 9.31. The van der Waals surface area contributed by atoms with E-state index in [-0.39, 0.29) is 6.10 Å². The van der Waals surface area contributed by atoms with E-state index in [2.05, 4.69) is 11.8 Å². The van der Waals surface area contributed by atoms with Crippen LogP contribution in [0.5, 0.6) is 0 Å². The van der Waals surface area contributed by atoms with Crippen LogP contribution in [0.1, 0.15) is 71.1 Å². The maximum atomic E-state index is 9.90. The minimum absolute atomic E-state index is 0.00793. The molecule has 2 heteroatoms. The minimum atomic E-state index is 0.00793. The van der Waals surface area contributed by atoms with Crippen molar-refractivity contribution in [3.63, 3.8) is 0 Å². The molecule has 3 atom stereocenters. The van der Waals surface area contributed by atoms with Gasteiger partial charge in [-0.2, -0.15) is 0 Å². The van der Waals surface area contributed by atoms with E-state index in [0.29, 0.717) is 5.92 Å². The zero-order chi connectivity index (χ0) is 13.5. The molecular weight excluding hydrogens is 234 g/mol. The third kappa shape index (κ3) is 4.75. The van der Waals surface area contributed by atoms with E-state index in [1.165, 1.54) is 77.4 Å². The Balaban J connectivity index is 1.44. The molecule has 3 unspecified atom stereocenters. The Kier molecular flexibility index (Phi) is 6.66. The predicted molar refractivity (Wildman–Crippen MR) is 81.3 cm³/mol. The molecule has 0 amide bonds. The summed E-state index contributed by atoms with van der Waals surface area (Å²) in [4.78, 5) is 2.61. The van der Waals surface area contributed by atoms with Gasteiger partial charge in [0.15, 0.2) is 0 Å². The van der Waals surface area contributed by atoms with Gasteiger partial charge in [-0.05, 0) is 31.7 Å². The van der Waals surface area contributed by atoms with Crippen LogP contribution in [0.4, 0.5) is 0 Å². The van der Waals surface area contributed by atoms with Crippen molar-refractivity contribution in [1.29, 1.82) is 0 Å². The highest BCUT2D eigenvalue weighted by Crippen LogP contribution is 2.38. The van der Waals surface area contributed by atoms with Gasteiger partial charge >= 0.3 is 0 Å². The van der Waals surface area contributed by atoms with Crippen LogP contribution in [-0.4, -0.2) is 35.7 Å². The van der Waals surface area contributed by atoms with E-state index in [9.17, 15) is 5.11 Å². The maximum absolute atomic E-state index is 9.90. The van der Waals surface area contributed by atoms with Crippen LogP contribution < -0.4 is 0 Å². The average Bonchev–Trinajstić information content (AvgIpc) is 2.95. The number of aliphatic hydroxyl groups is 1. The minimum Gasteiger partial charge on any atom is -0.393 e. The zero-order valence-electron chi connectivity index (χ0n) is 12.8. The molecule has 1 N–H and O–H groups in total. The van der Waals surface area contributed by atoms with Crippen LogP contribution in [-0.2, 0) is 0 Å². The van der Waals surface area contributed by atoms with Gasteiger partial charge in [0.1, 0.15) is 0 Å². The standard InChI is InChI=1S/C17H33NO/c1-2-3-4-5-6-7-8-9-12-18-13-15-10-11-17(19)16(15)14-18/h15-17,19H,2-14H2,1H3. The fourth-order valence-electron chi connectivity index (χ4n) is 3.98. The van der Waals surface area contributed by atoms with Gasteiger partial charge in [-0.25, -0.2) is 0 Å². The Bertz CT molecular complexity index is 243. The van der Waals surface area contributed by atoms with Crippen LogP contribution in [0.25, 0.3) is 0 Å². The third-order valence-electron chi connectivity index (χ3n) is 5.22. The quantitative estimate of drug-likeness (QED) is 0.642. The molecule has 1 aliphatic carbocycles. The Morgan fingerprint density at radius 3 is 2.26 bits per heavy atom. The Hall–Kier alpha value is -0.0800. The fourth-order valence-corrected chi connectivity index (χ4v) is 3.98. The summed E-state index contributed by atoms with van der Waals surface area (Å²) < 4.78 is 0. The van der Waals surface area contributed by atoms with Crippen LogP contribution in [0.15, 0.2) is 0 Å². The lowest BCUT2D eigenvalue weighted by molar-refractivity contribution is 0.124. The molecule has 112 valence electrons. The lowest BCUT2D eigenvalue weighted by Crippen LogP contribution is -2.25. The number of hydrogen-bond donors (Lipinski definition) is 1. The fraction of sp³-hybridized carbons (Fsp3) is 1.00. The van der Waals surface area contributed by atoms with Gasteiger partial charge in [-0.15, -0.1) is 0 Å². The molecule has 1 aliphatic heterocycles. The summed E-state index contributed by atoms with van der Waals surface area (Å²) in [6, 6.07) is 0. The van der Waals surface area contributed by atoms with Crippen LogP contribution >= 0.6 is 0 Å². The van der Waals surface area contributed by atoms with Crippen molar-refractivity contribution in [3.05, 3.63) is 0 Å². The molecule has 0 aromatic carbocycles. The first-order valence-corrected chi connectivity index (χ1v) is 8.71. The third-order valence-corrected chi connectivity index (χ3v) is 5.22. The van der Waals surface area contributed by atoms with Gasteiger partial charge in [0.25, 0.3) is 0 Å². The lowest BCUT2D eigenvalue weighted by Gasteiger charge is -2.17. The van der Waals surface area contributed by atoms with Crippen molar-refractivity contribution in [2.75, 3.05) is 19.6 Å². The van der Waals surface area contributed by atoms with E-state index in [1.807, 2.05) is 0 Å². The second kappa shape index (κ2) is 8.26. The molecule has 19 heavy (non-hydrogen) atoms. The molecule has 2 rings (SSSR count). The van der Waals surface area contributed by atoms with Crippen molar-refractivity contribution in [2.24, 2.45) is 11.8 Å². The second-order valence-electron chi connectivity index (χ2n) is 6.80. The molecule has 1 heterocycles. The van der Waals surface area contributed by atoms with Crippen molar-refractivity contribution in [2.45, 2.75) is 77.2 Å². The van der Waals surface area contributed by atoms with Crippen LogP contribution in [0, 0.1) is 11.8 Å². The van der Waals surface area contributed by atoms with Crippen LogP contribution in [0.3, 0.4) is 0 Å². The summed E-state index contributed by atoms with van der Waals surface area (Å²) in [7, 11) is 0. The summed E-state index contributed by atoms with van der Waals surface area (Å²) in [5, 5.41) is 9.90. The first kappa shape index (κ1) is 15.3. The number of unbranched alkanes of at least 4 members (excludes halogenated alkanes) is 7. The summed E-state index contributed by atoms with van der Waals surface area (Å²) >= 11 is 0. The number of aliphatic hydroxyl groups excluding tert-OH is 1. The molecule has 2 fully saturated rings. The summed E-state index contributed by atoms with van der Waals surface area (Å²) in [6.07, 6.45) is 13.6. The van der Waals surface area contributed by atoms with Crippen molar-refractivity contribution >= 4 is 0 Å². The zero-order valence-corrected chi connectivity index (χ0v) is 12.8. The molecule has 0 spiro atoms. The normalized spacial score (nSPS) is 30.9. The number of likely N-dealkylation sites (tertiary alicyclic amines) is 1. The van der Waals surface area contributed by atoms with E-state index < -0.39 is 0 Å². The van der Waals surface area contributed by atoms with Gasteiger partial charge in [0.05, 0.1) is 6.10 Å². The summed E-state index contributed by atoms with van der Waals surface area (Å²) in [5.74, 6) is 1.41. The molecule has 0 aromatic rings. The monoisotopic (exact) mass is 267 g/mol. The number of fused-ring (bicyclic) bond motifs is 1. The molecule has 2 aliphatic rings. The van der Waals surface area contributed by atoms with Gasteiger partial charge in [-0.3, -0.25) is 0 Å². The molecule has 0 radical (unpaired) electrons. The predicted octanol–water partition coefficient (Wildman–Crippen LogP) is 3.83. The highest BCUT2D eigenvalue weighted by atomic mass is 16.3. The Labute approximate surface area is 119 Å². The van der Waals surface area contributed by atoms with Crippen molar-refractivity contribution in [3.8, 4) is 0 Å². The van der Waals surface area contributed by atoms with Crippen LogP contribution in [0.2, 0.25) is 0 Å². The number of hydrogen-bond acceptors (Lipinski definition) is 2.